The first-order valence-corrected chi connectivity index (χ1v) is 11.6. The van der Waals surface area contributed by atoms with Crippen molar-refractivity contribution in [1.82, 2.24) is 14.9 Å². The van der Waals surface area contributed by atoms with E-state index in [1.807, 2.05) is 31.2 Å². The van der Waals surface area contributed by atoms with Gasteiger partial charge in [-0.2, -0.15) is 0 Å². The number of halogens is 1. The normalized spacial score (nSPS) is 11.0. The molecule has 3 rings (SSSR count). The molecule has 0 bridgehead atoms. The van der Waals surface area contributed by atoms with E-state index in [9.17, 15) is 4.79 Å². The Morgan fingerprint density at radius 2 is 1.97 bits per heavy atom. The molecule has 0 fully saturated rings. The summed E-state index contributed by atoms with van der Waals surface area (Å²) in [5.74, 6) is 1.89. The summed E-state index contributed by atoms with van der Waals surface area (Å²) in [6.45, 7) is 9.54. The highest BCUT2D eigenvalue weighted by Crippen LogP contribution is 2.22. The molecule has 3 aromatic rings. The van der Waals surface area contributed by atoms with E-state index in [-0.39, 0.29) is 5.91 Å². The molecule has 1 heterocycles. The van der Waals surface area contributed by atoms with Crippen LogP contribution in [0.4, 0.5) is 0 Å². The lowest BCUT2D eigenvalue weighted by atomic mass is 10.2. The molecule has 0 aliphatic rings. The van der Waals surface area contributed by atoms with Crippen molar-refractivity contribution in [3.63, 3.8) is 0 Å². The molecule has 32 heavy (non-hydrogen) atoms. The van der Waals surface area contributed by atoms with Crippen LogP contribution in [0.2, 0.25) is 5.02 Å². The SMILES string of the molecule is C=C(C)C(=O)NCCCCCc1nc2ccccc2n1CCCOc1ccc(Cl)c(C)c1. The Hall–Kier alpha value is -2.79. The zero-order valence-electron chi connectivity index (χ0n) is 19.0. The van der Waals surface area contributed by atoms with Gasteiger partial charge in [-0.05, 0) is 69.0 Å². The third kappa shape index (κ3) is 6.60. The standard InChI is InChI=1S/C26H32ClN3O2/c1-19(2)26(31)28-15-8-4-5-12-25-29-23-10-6-7-11-24(23)30(25)16-9-17-32-21-13-14-22(27)20(3)18-21/h6-7,10-11,13-14,18H,1,4-5,8-9,12,15-17H2,2-3H3,(H,28,31). The second-order valence-electron chi connectivity index (χ2n) is 8.13. The topological polar surface area (TPSA) is 56.2 Å². The van der Waals surface area contributed by atoms with E-state index in [1.54, 1.807) is 6.92 Å². The van der Waals surface area contributed by atoms with Crippen LogP contribution in [0, 0.1) is 6.92 Å². The Labute approximate surface area is 195 Å². The molecule has 5 nitrogen and oxygen atoms in total. The minimum absolute atomic E-state index is 0.0669. The smallest absolute Gasteiger partial charge is 0.246 e. The van der Waals surface area contributed by atoms with Gasteiger partial charge in [0, 0.05) is 30.1 Å². The van der Waals surface area contributed by atoms with Gasteiger partial charge in [0.2, 0.25) is 5.91 Å². The van der Waals surface area contributed by atoms with Crippen molar-refractivity contribution in [2.45, 2.75) is 52.5 Å². The van der Waals surface area contributed by atoms with Gasteiger partial charge in [-0.3, -0.25) is 4.79 Å². The molecule has 0 aliphatic carbocycles. The number of unbranched alkanes of at least 4 members (excludes halogenated alkanes) is 2. The average Bonchev–Trinajstić information content (AvgIpc) is 3.13. The maximum absolute atomic E-state index is 11.5. The van der Waals surface area contributed by atoms with Gasteiger partial charge in [-0.15, -0.1) is 0 Å². The van der Waals surface area contributed by atoms with Crippen molar-refractivity contribution in [3.05, 3.63) is 71.0 Å². The number of nitrogens with one attached hydrogen (secondary N) is 1. The van der Waals surface area contributed by atoms with Crippen LogP contribution in [-0.2, 0) is 17.8 Å². The van der Waals surface area contributed by atoms with E-state index in [4.69, 9.17) is 21.3 Å². The van der Waals surface area contributed by atoms with Gasteiger partial charge >= 0.3 is 0 Å². The summed E-state index contributed by atoms with van der Waals surface area (Å²) >= 11 is 6.09. The number of nitrogens with zero attached hydrogens (tertiary/aromatic N) is 2. The van der Waals surface area contributed by atoms with E-state index in [2.05, 4.69) is 34.7 Å². The largest absolute Gasteiger partial charge is 0.494 e. The highest BCUT2D eigenvalue weighted by molar-refractivity contribution is 6.31. The Kier molecular flexibility index (Phi) is 8.74. The fourth-order valence-electron chi connectivity index (χ4n) is 3.62. The lowest BCUT2D eigenvalue weighted by Gasteiger charge is -2.11. The molecular formula is C26H32ClN3O2. The maximum atomic E-state index is 11.5. The number of fused-ring (bicyclic) bond motifs is 1. The third-order valence-corrected chi connectivity index (χ3v) is 5.83. The number of para-hydroxylation sites is 2. The van der Waals surface area contributed by atoms with Crippen LogP contribution in [0.25, 0.3) is 11.0 Å². The molecular weight excluding hydrogens is 422 g/mol. The summed E-state index contributed by atoms with van der Waals surface area (Å²) in [4.78, 5) is 16.4. The Morgan fingerprint density at radius 3 is 2.75 bits per heavy atom. The van der Waals surface area contributed by atoms with Gasteiger partial charge in [0.25, 0.3) is 0 Å². The predicted molar refractivity (Wildman–Crippen MR) is 131 cm³/mol. The summed E-state index contributed by atoms with van der Waals surface area (Å²) in [7, 11) is 0. The number of hydrogen-bond donors (Lipinski definition) is 1. The van der Waals surface area contributed by atoms with Crippen LogP contribution in [-0.4, -0.2) is 28.6 Å². The van der Waals surface area contributed by atoms with Crippen LogP contribution < -0.4 is 10.1 Å². The number of benzene rings is 2. The molecule has 6 heteroatoms. The lowest BCUT2D eigenvalue weighted by molar-refractivity contribution is -0.117. The zero-order chi connectivity index (χ0) is 22.9. The van der Waals surface area contributed by atoms with Crippen LogP contribution >= 0.6 is 11.6 Å². The number of carbonyl (C=O) groups is 1. The molecule has 0 aliphatic heterocycles. The van der Waals surface area contributed by atoms with Crippen molar-refractivity contribution in [3.8, 4) is 5.75 Å². The van der Waals surface area contributed by atoms with Crippen LogP contribution in [0.5, 0.6) is 5.75 Å². The van der Waals surface area contributed by atoms with Crippen LogP contribution in [0.15, 0.2) is 54.6 Å². The number of amides is 1. The van der Waals surface area contributed by atoms with Crippen molar-refractivity contribution in [2.24, 2.45) is 0 Å². The molecule has 0 saturated carbocycles. The molecule has 2 aromatic carbocycles. The first-order valence-electron chi connectivity index (χ1n) is 11.2. The minimum Gasteiger partial charge on any atom is -0.494 e. The average molecular weight is 454 g/mol. The van der Waals surface area contributed by atoms with Gasteiger partial charge < -0.3 is 14.6 Å². The van der Waals surface area contributed by atoms with Gasteiger partial charge in [0.15, 0.2) is 0 Å². The summed E-state index contributed by atoms with van der Waals surface area (Å²) in [5.41, 5.74) is 3.77. The van der Waals surface area contributed by atoms with Gasteiger partial charge in [-0.1, -0.05) is 36.7 Å². The number of ether oxygens (including phenoxy) is 1. The highest BCUT2D eigenvalue weighted by Gasteiger charge is 2.10. The fraction of sp³-hybridized carbons (Fsp3) is 0.385. The number of aryl methyl sites for hydroxylation is 3. The zero-order valence-corrected chi connectivity index (χ0v) is 19.8. The number of imidazole rings is 1. The Bertz CT molecular complexity index is 1070. The molecule has 0 unspecified atom stereocenters. The summed E-state index contributed by atoms with van der Waals surface area (Å²) < 4.78 is 8.23. The number of aromatic nitrogens is 2. The van der Waals surface area contributed by atoms with Gasteiger partial charge in [-0.25, -0.2) is 4.98 Å². The number of rotatable bonds is 12. The van der Waals surface area contributed by atoms with E-state index >= 15 is 0 Å². The lowest BCUT2D eigenvalue weighted by Crippen LogP contribution is -2.24. The van der Waals surface area contributed by atoms with Crippen molar-refractivity contribution in [2.75, 3.05) is 13.2 Å². The first-order chi connectivity index (χ1) is 15.5. The molecule has 170 valence electrons. The first kappa shape index (κ1) is 23.9. The second kappa shape index (κ2) is 11.7. The maximum Gasteiger partial charge on any atom is 0.246 e. The summed E-state index contributed by atoms with van der Waals surface area (Å²) in [6, 6.07) is 14.0. The van der Waals surface area contributed by atoms with Gasteiger partial charge in [0.05, 0.1) is 17.6 Å². The predicted octanol–water partition coefficient (Wildman–Crippen LogP) is 5.87. The van der Waals surface area contributed by atoms with E-state index in [0.717, 1.165) is 66.3 Å². The quantitative estimate of drug-likeness (QED) is 0.275. The highest BCUT2D eigenvalue weighted by atomic mass is 35.5. The summed E-state index contributed by atoms with van der Waals surface area (Å²) in [5, 5.41) is 3.64. The van der Waals surface area contributed by atoms with E-state index in [0.29, 0.717) is 18.7 Å². The van der Waals surface area contributed by atoms with E-state index in [1.165, 1.54) is 5.52 Å². The molecule has 0 spiro atoms. The van der Waals surface area contributed by atoms with Crippen molar-refractivity contribution < 1.29 is 9.53 Å². The number of hydrogen-bond acceptors (Lipinski definition) is 3. The summed E-state index contributed by atoms with van der Waals surface area (Å²) in [6.07, 6.45) is 4.83. The van der Waals surface area contributed by atoms with Crippen LogP contribution in [0.3, 0.4) is 0 Å². The Balaban J connectivity index is 1.51. The molecule has 1 N–H and O–H groups in total. The van der Waals surface area contributed by atoms with Gasteiger partial charge in [0.1, 0.15) is 11.6 Å². The fourth-order valence-corrected chi connectivity index (χ4v) is 3.74. The minimum atomic E-state index is -0.0669. The molecule has 0 saturated heterocycles. The Morgan fingerprint density at radius 1 is 1.16 bits per heavy atom. The second-order valence-corrected chi connectivity index (χ2v) is 8.54. The molecule has 0 atom stereocenters. The number of carbonyl (C=O) groups excluding carboxylic acids is 1. The monoisotopic (exact) mass is 453 g/mol. The molecule has 0 radical (unpaired) electrons. The third-order valence-electron chi connectivity index (χ3n) is 5.41. The van der Waals surface area contributed by atoms with E-state index < -0.39 is 0 Å². The van der Waals surface area contributed by atoms with Crippen molar-refractivity contribution in [1.29, 1.82) is 0 Å². The van der Waals surface area contributed by atoms with Crippen molar-refractivity contribution >= 4 is 28.5 Å². The molecule has 1 amide bonds. The van der Waals surface area contributed by atoms with Crippen LogP contribution in [0.1, 0.15) is 44.0 Å². The molecule has 1 aromatic heterocycles.